The van der Waals surface area contributed by atoms with Crippen LogP contribution in [0.1, 0.15) is 29.8 Å². The first kappa shape index (κ1) is 18.5. The fourth-order valence-corrected chi connectivity index (χ4v) is 2.68. The number of benzene rings is 3. The molecule has 27 heavy (non-hydrogen) atoms. The minimum atomic E-state index is -0.756. The predicted octanol–water partition coefficient (Wildman–Crippen LogP) is 3.63. The molecule has 2 N–H and O–H groups in total. The van der Waals surface area contributed by atoms with E-state index >= 15 is 0 Å². The Hall–Kier alpha value is -3.34. The molecular weight excluding hydrogens is 340 g/mol. The number of hydrazine groups is 1. The van der Waals surface area contributed by atoms with E-state index in [0.29, 0.717) is 11.3 Å². The number of aryl methyl sites for hydroxylation is 1. The standard InChI is InChI=1S/C22H22N2O3/c1-3-16-8-10-18(11-9-16)22(26)24-23-21(25)15(2)27-20-13-12-17-6-4-5-7-19(17)14-20/h4-15H,3H2,1-2H3,(H,23,25)(H,24,26). The Morgan fingerprint density at radius 2 is 1.63 bits per heavy atom. The van der Waals surface area contributed by atoms with Crippen molar-refractivity contribution in [1.29, 1.82) is 0 Å². The zero-order chi connectivity index (χ0) is 19.2. The molecule has 0 radical (unpaired) electrons. The first-order valence-electron chi connectivity index (χ1n) is 8.91. The minimum Gasteiger partial charge on any atom is -0.481 e. The van der Waals surface area contributed by atoms with Crippen molar-refractivity contribution in [3.63, 3.8) is 0 Å². The highest BCUT2D eigenvalue weighted by molar-refractivity contribution is 5.95. The van der Waals surface area contributed by atoms with Crippen LogP contribution in [0.4, 0.5) is 0 Å². The van der Waals surface area contributed by atoms with Gasteiger partial charge in [0.15, 0.2) is 6.10 Å². The van der Waals surface area contributed by atoms with Crippen molar-refractivity contribution in [2.45, 2.75) is 26.4 Å². The zero-order valence-electron chi connectivity index (χ0n) is 15.4. The molecule has 5 heteroatoms. The molecular formula is C22H22N2O3. The molecule has 0 heterocycles. The van der Waals surface area contributed by atoms with Crippen molar-refractivity contribution in [1.82, 2.24) is 10.9 Å². The molecule has 0 saturated carbocycles. The number of carbonyl (C=O) groups excluding carboxylic acids is 2. The lowest BCUT2D eigenvalue weighted by atomic mass is 10.1. The second kappa shape index (κ2) is 8.36. The van der Waals surface area contributed by atoms with E-state index in [1.165, 1.54) is 0 Å². The van der Waals surface area contributed by atoms with Crippen LogP contribution in [0.15, 0.2) is 66.7 Å². The van der Waals surface area contributed by atoms with Crippen molar-refractivity contribution in [2.75, 3.05) is 0 Å². The van der Waals surface area contributed by atoms with Gasteiger partial charge >= 0.3 is 0 Å². The van der Waals surface area contributed by atoms with E-state index in [4.69, 9.17) is 4.74 Å². The first-order valence-corrected chi connectivity index (χ1v) is 8.91. The maximum absolute atomic E-state index is 12.2. The molecule has 3 aromatic rings. The molecule has 0 aromatic heterocycles. The lowest BCUT2D eigenvalue weighted by molar-refractivity contribution is -0.128. The van der Waals surface area contributed by atoms with Gasteiger partial charge in [0.2, 0.25) is 0 Å². The quantitative estimate of drug-likeness (QED) is 0.681. The normalized spacial score (nSPS) is 11.6. The maximum atomic E-state index is 12.2. The smallest absolute Gasteiger partial charge is 0.279 e. The van der Waals surface area contributed by atoms with Crippen LogP contribution in [0.25, 0.3) is 10.8 Å². The molecule has 0 bridgehead atoms. The van der Waals surface area contributed by atoms with Crippen LogP contribution in [-0.2, 0) is 11.2 Å². The summed E-state index contributed by atoms with van der Waals surface area (Å²) in [5.74, 6) is -0.205. The molecule has 5 nitrogen and oxygen atoms in total. The third-order valence-corrected chi connectivity index (χ3v) is 4.33. The van der Waals surface area contributed by atoms with Gasteiger partial charge in [0, 0.05) is 5.56 Å². The summed E-state index contributed by atoms with van der Waals surface area (Å²) in [6, 6.07) is 20.8. The van der Waals surface area contributed by atoms with Crippen molar-refractivity contribution in [3.8, 4) is 5.75 Å². The van der Waals surface area contributed by atoms with Gasteiger partial charge in [0.1, 0.15) is 5.75 Å². The molecule has 2 amide bonds. The Balaban J connectivity index is 1.55. The number of ether oxygens (including phenoxy) is 1. The van der Waals surface area contributed by atoms with E-state index in [1.54, 1.807) is 19.1 Å². The van der Waals surface area contributed by atoms with Crippen molar-refractivity contribution >= 4 is 22.6 Å². The predicted molar refractivity (Wildman–Crippen MR) is 105 cm³/mol. The highest BCUT2D eigenvalue weighted by atomic mass is 16.5. The Kier molecular flexibility index (Phi) is 5.71. The Morgan fingerprint density at radius 1 is 0.926 bits per heavy atom. The Morgan fingerprint density at radius 3 is 2.33 bits per heavy atom. The van der Waals surface area contributed by atoms with E-state index in [2.05, 4.69) is 10.9 Å². The monoisotopic (exact) mass is 362 g/mol. The Labute approximate surface area is 158 Å². The second-order valence-electron chi connectivity index (χ2n) is 6.26. The summed E-state index contributed by atoms with van der Waals surface area (Å²) in [5, 5.41) is 2.13. The second-order valence-corrected chi connectivity index (χ2v) is 6.26. The molecule has 138 valence electrons. The van der Waals surface area contributed by atoms with Crippen LogP contribution in [0.5, 0.6) is 5.75 Å². The summed E-state index contributed by atoms with van der Waals surface area (Å²) in [7, 11) is 0. The van der Waals surface area contributed by atoms with Crippen molar-refractivity contribution < 1.29 is 14.3 Å². The fraction of sp³-hybridized carbons (Fsp3) is 0.182. The van der Waals surface area contributed by atoms with E-state index in [9.17, 15) is 9.59 Å². The number of hydrogen-bond donors (Lipinski definition) is 2. The van der Waals surface area contributed by atoms with Gasteiger partial charge < -0.3 is 4.74 Å². The third-order valence-electron chi connectivity index (χ3n) is 4.33. The summed E-state index contributed by atoms with van der Waals surface area (Å²) >= 11 is 0. The molecule has 0 aliphatic rings. The summed E-state index contributed by atoms with van der Waals surface area (Å²) in [5.41, 5.74) is 6.45. The topological polar surface area (TPSA) is 67.4 Å². The third kappa shape index (κ3) is 4.64. The summed E-state index contributed by atoms with van der Waals surface area (Å²) < 4.78 is 5.69. The van der Waals surface area contributed by atoms with E-state index in [1.807, 2.05) is 61.5 Å². The van der Waals surface area contributed by atoms with Gasteiger partial charge in [0.05, 0.1) is 0 Å². The lowest BCUT2D eigenvalue weighted by Gasteiger charge is -2.15. The van der Waals surface area contributed by atoms with Gasteiger partial charge in [-0.2, -0.15) is 0 Å². The number of hydrogen-bond acceptors (Lipinski definition) is 3. The molecule has 0 aliphatic carbocycles. The van der Waals surface area contributed by atoms with Crippen LogP contribution in [0.2, 0.25) is 0 Å². The average Bonchev–Trinajstić information content (AvgIpc) is 2.71. The summed E-state index contributed by atoms with van der Waals surface area (Å²) in [6.07, 6.45) is 0.149. The van der Waals surface area contributed by atoms with Crippen LogP contribution in [0.3, 0.4) is 0 Å². The highest BCUT2D eigenvalue weighted by Crippen LogP contribution is 2.21. The van der Waals surface area contributed by atoms with Gasteiger partial charge in [-0.3, -0.25) is 20.4 Å². The lowest BCUT2D eigenvalue weighted by Crippen LogP contribution is -2.47. The van der Waals surface area contributed by atoms with Crippen LogP contribution in [0, 0.1) is 0 Å². The fourth-order valence-electron chi connectivity index (χ4n) is 2.68. The highest BCUT2D eigenvalue weighted by Gasteiger charge is 2.16. The van der Waals surface area contributed by atoms with Crippen LogP contribution < -0.4 is 15.6 Å². The van der Waals surface area contributed by atoms with E-state index in [0.717, 1.165) is 22.8 Å². The summed E-state index contributed by atoms with van der Waals surface area (Å²) in [4.78, 5) is 24.3. The molecule has 0 fully saturated rings. The van der Waals surface area contributed by atoms with E-state index < -0.39 is 12.0 Å². The van der Waals surface area contributed by atoms with Crippen molar-refractivity contribution in [2.24, 2.45) is 0 Å². The van der Waals surface area contributed by atoms with Gasteiger partial charge in [0.25, 0.3) is 11.8 Å². The first-order chi connectivity index (χ1) is 13.1. The minimum absolute atomic E-state index is 0.371. The molecule has 1 atom stereocenters. The number of nitrogens with one attached hydrogen (secondary N) is 2. The maximum Gasteiger partial charge on any atom is 0.279 e. The Bertz CT molecular complexity index is 951. The molecule has 0 aliphatic heterocycles. The number of fused-ring (bicyclic) bond motifs is 1. The molecule has 3 aromatic carbocycles. The SMILES string of the molecule is CCc1ccc(C(=O)NNC(=O)C(C)Oc2ccc3ccccc3c2)cc1. The van der Waals surface area contributed by atoms with Gasteiger partial charge in [-0.15, -0.1) is 0 Å². The number of carbonyl (C=O) groups is 2. The summed E-state index contributed by atoms with van der Waals surface area (Å²) in [6.45, 7) is 3.68. The van der Waals surface area contributed by atoms with Crippen LogP contribution in [-0.4, -0.2) is 17.9 Å². The average molecular weight is 362 g/mol. The van der Waals surface area contributed by atoms with Gasteiger partial charge in [-0.25, -0.2) is 0 Å². The molecule has 3 rings (SSSR count). The van der Waals surface area contributed by atoms with Gasteiger partial charge in [-0.1, -0.05) is 49.4 Å². The molecule has 1 unspecified atom stereocenters. The zero-order valence-corrected chi connectivity index (χ0v) is 15.4. The number of rotatable bonds is 5. The van der Waals surface area contributed by atoms with Gasteiger partial charge in [-0.05, 0) is 53.9 Å². The molecule has 0 saturated heterocycles. The molecule has 0 spiro atoms. The largest absolute Gasteiger partial charge is 0.481 e. The van der Waals surface area contributed by atoms with Crippen LogP contribution >= 0.6 is 0 Å². The number of amides is 2. The van der Waals surface area contributed by atoms with E-state index in [-0.39, 0.29) is 5.91 Å². The van der Waals surface area contributed by atoms with Crippen molar-refractivity contribution in [3.05, 3.63) is 77.9 Å².